The minimum absolute atomic E-state index is 0.870. The first-order valence-corrected chi connectivity index (χ1v) is 4.38. The molecule has 68 valence electrons. The lowest BCUT2D eigenvalue weighted by molar-refractivity contribution is 0.871. The summed E-state index contributed by atoms with van der Waals surface area (Å²) in [7, 11) is 0. The van der Waals surface area contributed by atoms with Gasteiger partial charge in [0.2, 0.25) is 0 Å². The summed E-state index contributed by atoms with van der Waals surface area (Å²) in [6, 6.07) is 7.80. The Morgan fingerprint density at radius 3 is 3.07 bits per heavy atom. The number of H-pyrrole nitrogens is 1. The average molecular weight is 184 g/mol. The quantitative estimate of drug-likeness (QED) is 0.626. The third kappa shape index (κ3) is 0.939. The minimum Gasteiger partial charge on any atom is -0.347 e. The van der Waals surface area contributed by atoms with Crippen LogP contribution in [-0.2, 0) is 0 Å². The molecule has 3 aromatic heterocycles. The predicted molar refractivity (Wildman–Crippen MR) is 53.2 cm³/mol. The van der Waals surface area contributed by atoms with Crippen LogP contribution in [0.1, 0.15) is 0 Å². The van der Waals surface area contributed by atoms with E-state index >= 15 is 0 Å². The number of pyridine rings is 1. The van der Waals surface area contributed by atoms with Crippen molar-refractivity contribution in [1.82, 2.24) is 19.7 Å². The van der Waals surface area contributed by atoms with Gasteiger partial charge in [-0.2, -0.15) is 9.78 Å². The number of hydrogen-bond donors (Lipinski definition) is 1. The fraction of sp³-hybridized carbons (Fsp3) is 0. The molecule has 0 spiro atoms. The summed E-state index contributed by atoms with van der Waals surface area (Å²) in [6.07, 6.45) is 5.44. The molecule has 0 atom stereocenters. The van der Waals surface area contributed by atoms with Gasteiger partial charge in [-0.3, -0.25) is 0 Å². The maximum Gasteiger partial charge on any atom is 0.164 e. The summed E-state index contributed by atoms with van der Waals surface area (Å²) in [5.41, 5.74) is 0.870. The van der Waals surface area contributed by atoms with E-state index in [1.165, 1.54) is 0 Å². The number of fused-ring (bicyclic) bond motifs is 1. The Bertz CT molecular complexity index is 550. The van der Waals surface area contributed by atoms with E-state index in [1.807, 2.05) is 36.7 Å². The summed E-state index contributed by atoms with van der Waals surface area (Å²) in [6.45, 7) is 0. The fourth-order valence-electron chi connectivity index (χ4n) is 1.49. The number of nitrogens with zero attached hydrogens (tertiary/aromatic N) is 3. The van der Waals surface area contributed by atoms with E-state index in [1.54, 1.807) is 10.9 Å². The Hall–Kier alpha value is -2.10. The molecule has 0 amide bonds. The van der Waals surface area contributed by atoms with E-state index in [0.717, 1.165) is 16.9 Å². The summed E-state index contributed by atoms with van der Waals surface area (Å²) >= 11 is 0. The third-order valence-electron chi connectivity index (χ3n) is 2.14. The Morgan fingerprint density at radius 1 is 1.21 bits per heavy atom. The molecule has 0 aromatic carbocycles. The van der Waals surface area contributed by atoms with Crippen molar-refractivity contribution in [1.29, 1.82) is 0 Å². The van der Waals surface area contributed by atoms with Crippen LogP contribution in [0.4, 0.5) is 0 Å². The highest BCUT2D eigenvalue weighted by molar-refractivity contribution is 5.75. The molecule has 0 aliphatic carbocycles. The number of aromatic amines is 1. The molecular weight excluding hydrogens is 176 g/mol. The smallest absolute Gasteiger partial charge is 0.164 e. The molecule has 3 aromatic rings. The zero-order valence-electron chi connectivity index (χ0n) is 7.38. The fourth-order valence-corrected chi connectivity index (χ4v) is 1.49. The van der Waals surface area contributed by atoms with Crippen molar-refractivity contribution < 1.29 is 0 Å². The SMILES string of the molecule is c1c[nH]c(-n2ncc3cccnc32)c1. The van der Waals surface area contributed by atoms with Gasteiger partial charge in [0.1, 0.15) is 5.82 Å². The van der Waals surface area contributed by atoms with E-state index < -0.39 is 0 Å². The van der Waals surface area contributed by atoms with Crippen LogP contribution in [-0.4, -0.2) is 19.7 Å². The lowest BCUT2D eigenvalue weighted by Gasteiger charge is -1.97. The van der Waals surface area contributed by atoms with Crippen LogP contribution in [0.25, 0.3) is 16.9 Å². The van der Waals surface area contributed by atoms with Gasteiger partial charge < -0.3 is 4.98 Å². The second-order valence-electron chi connectivity index (χ2n) is 3.03. The lowest BCUT2D eigenvalue weighted by Crippen LogP contribution is -1.96. The summed E-state index contributed by atoms with van der Waals surface area (Å²) < 4.78 is 1.79. The summed E-state index contributed by atoms with van der Waals surface area (Å²) in [5, 5.41) is 5.30. The molecule has 0 radical (unpaired) electrons. The van der Waals surface area contributed by atoms with Gasteiger partial charge in [-0.1, -0.05) is 0 Å². The molecular formula is C10H8N4. The molecule has 14 heavy (non-hydrogen) atoms. The van der Waals surface area contributed by atoms with Gasteiger partial charge in [-0.15, -0.1) is 0 Å². The first kappa shape index (κ1) is 7.32. The zero-order valence-corrected chi connectivity index (χ0v) is 7.38. The van der Waals surface area contributed by atoms with Gasteiger partial charge in [-0.25, -0.2) is 4.98 Å². The molecule has 0 saturated carbocycles. The summed E-state index contributed by atoms with van der Waals surface area (Å²) in [5.74, 6) is 0.929. The zero-order chi connectivity index (χ0) is 9.38. The van der Waals surface area contributed by atoms with Crippen LogP contribution in [0.3, 0.4) is 0 Å². The molecule has 0 aliphatic heterocycles. The predicted octanol–water partition coefficient (Wildman–Crippen LogP) is 1.75. The first-order chi connectivity index (χ1) is 6.95. The third-order valence-corrected chi connectivity index (χ3v) is 2.14. The van der Waals surface area contributed by atoms with Gasteiger partial charge in [0, 0.05) is 17.8 Å². The average Bonchev–Trinajstić information content (AvgIpc) is 2.85. The van der Waals surface area contributed by atoms with E-state index in [9.17, 15) is 0 Å². The highest BCUT2D eigenvalue weighted by atomic mass is 15.3. The molecule has 0 unspecified atom stereocenters. The van der Waals surface area contributed by atoms with Crippen molar-refractivity contribution in [2.75, 3.05) is 0 Å². The Labute approximate surface area is 80.2 Å². The normalized spacial score (nSPS) is 10.9. The largest absolute Gasteiger partial charge is 0.347 e. The van der Waals surface area contributed by atoms with Gasteiger partial charge in [0.15, 0.2) is 5.65 Å². The van der Waals surface area contributed by atoms with E-state index in [4.69, 9.17) is 0 Å². The number of nitrogens with one attached hydrogen (secondary N) is 1. The van der Waals surface area contributed by atoms with Gasteiger partial charge in [0.05, 0.1) is 6.20 Å². The maximum atomic E-state index is 4.28. The number of aromatic nitrogens is 4. The molecule has 0 saturated heterocycles. The lowest BCUT2D eigenvalue weighted by atomic mass is 10.4. The van der Waals surface area contributed by atoms with Crippen molar-refractivity contribution in [3.05, 3.63) is 42.9 Å². The molecule has 3 heterocycles. The standard InChI is InChI=1S/C10H8N4/c1-3-8-7-13-14(10(8)12-6-1)9-4-2-5-11-9/h1-7,11H. The van der Waals surface area contributed by atoms with Gasteiger partial charge in [-0.05, 0) is 24.3 Å². The van der Waals surface area contributed by atoms with Crippen molar-refractivity contribution in [3.8, 4) is 5.82 Å². The van der Waals surface area contributed by atoms with E-state index in [2.05, 4.69) is 15.1 Å². The van der Waals surface area contributed by atoms with Crippen molar-refractivity contribution in [2.45, 2.75) is 0 Å². The van der Waals surface area contributed by atoms with Crippen molar-refractivity contribution in [3.63, 3.8) is 0 Å². The van der Waals surface area contributed by atoms with E-state index in [-0.39, 0.29) is 0 Å². The minimum atomic E-state index is 0.870. The Morgan fingerprint density at radius 2 is 2.21 bits per heavy atom. The maximum absolute atomic E-state index is 4.28. The Balaban J connectivity index is 2.33. The molecule has 3 rings (SSSR count). The van der Waals surface area contributed by atoms with Crippen molar-refractivity contribution in [2.24, 2.45) is 0 Å². The Kier molecular flexibility index (Phi) is 1.41. The number of hydrogen-bond acceptors (Lipinski definition) is 2. The van der Waals surface area contributed by atoms with E-state index in [0.29, 0.717) is 0 Å². The topological polar surface area (TPSA) is 46.5 Å². The molecule has 1 N–H and O–H groups in total. The van der Waals surface area contributed by atoms with Gasteiger partial charge in [0.25, 0.3) is 0 Å². The second kappa shape index (κ2) is 2.70. The molecule has 4 heteroatoms. The molecule has 4 nitrogen and oxygen atoms in total. The monoisotopic (exact) mass is 184 g/mol. The summed E-state index contributed by atoms with van der Waals surface area (Å²) in [4.78, 5) is 7.37. The van der Waals surface area contributed by atoms with Crippen LogP contribution >= 0.6 is 0 Å². The van der Waals surface area contributed by atoms with Crippen LogP contribution < -0.4 is 0 Å². The second-order valence-corrected chi connectivity index (χ2v) is 3.03. The molecule has 0 aliphatic rings. The molecule has 0 fully saturated rings. The van der Waals surface area contributed by atoms with Crippen LogP contribution in [0.5, 0.6) is 0 Å². The van der Waals surface area contributed by atoms with Gasteiger partial charge >= 0.3 is 0 Å². The highest BCUT2D eigenvalue weighted by Crippen LogP contribution is 2.13. The van der Waals surface area contributed by atoms with Crippen LogP contribution in [0.2, 0.25) is 0 Å². The molecule has 0 bridgehead atoms. The number of rotatable bonds is 1. The highest BCUT2D eigenvalue weighted by Gasteiger charge is 2.04. The van der Waals surface area contributed by atoms with Crippen LogP contribution in [0.15, 0.2) is 42.9 Å². The first-order valence-electron chi connectivity index (χ1n) is 4.38. The van der Waals surface area contributed by atoms with Crippen molar-refractivity contribution >= 4 is 11.0 Å². The van der Waals surface area contributed by atoms with Crippen LogP contribution in [0, 0.1) is 0 Å².